The largest absolute Gasteiger partial charge is 0.496 e. The third kappa shape index (κ3) is 19.5. The lowest BCUT2D eigenvalue weighted by Gasteiger charge is -2.62. The van der Waals surface area contributed by atoms with Crippen LogP contribution in [0.5, 0.6) is 11.5 Å². The van der Waals surface area contributed by atoms with Crippen molar-refractivity contribution >= 4 is 53.7 Å². The quantitative estimate of drug-likeness (QED) is 0.0203. The third-order valence-electron chi connectivity index (χ3n) is 23.4. The van der Waals surface area contributed by atoms with Crippen molar-refractivity contribution in [2.75, 3.05) is 68.6 Å². The van der Waals surface area contributed by atoms with Gasteiger partial charge >= 0.3 is 0 Å². The van der Waals surface area contributed by atoms with Gasteiger partial charge in [-0.1, -0.05) is 140 Å². The molecule has 0 unspecified atom stereocenters. The summed E-state index contributed by atoms with van der Waals surface area (Å²) in [6.45, 7) is 17.7. The number of non-ortho nitro benzene ring substituents is 2. The highest BCUT2D eigenvalue weighted by atomic mass is 35.5. The van der Waals surface area contributed by atoms with E-state index in [1.165, 1.54) is 50.6 Å². The average Bonchev–Trinajstić information content (AvgIpc) is 1.18. The highest BCUT2D eigenvalue weighted by molar-refractivity contribution is 5.98. The Bertz CT molecular complexity index is 4000. The molecule has 6 saturated carbocycles. The van der Waals surface area contributed by atoms with Gasteiger partial charge in [0.2, 0.25) is 11.8 Å². The molecule has 2 heterocycles. The Morgan fingerprint density at radius 1 is 0.619 bits per heavy atom. The molecule has 14 rings (SSSR count). The van der Waals surface area contributed by atoms with E-state index in [4.69, 9.17) is 9.47 Å². The number of carbonyl (C=O) groups excluding carboxylic acids is 5. The van der Waals surface area contributed by atoms with Crippen LogP contribution in [-0.2, 0) is 29.0 Å². The number of benzene rings is 6. The number of likely N-dealkylation sites (tertiary alicyclic amines) is 1. The number of nitrogens with one attached hydrogen (secondary N) is 5. The van der Waals surface area contributed by atoms with E-state index in [-0.39, 0.29) is 90.3 Å². The van der Waals surface area contributed by atoms with Crippen molar-refractivity contribution in [3.8, 4) is 33.8 Å². The minimum atomic E-state index is -0.544. The molecule has 6 aromatic carbocycles. The smallest absolute Gasteiger partial charge is 0.270 e. The molecule has 105 heavy (non-hydrogen) atoms. The Kier molecular flexibility index (Phi) is 28.2. The fourth-order valence-electron chi connectivity index (χ4n) is 17.5. The van der Waals surface area contributed by atoms with Gasteiger partial charge < -0.3 is 45.9 Å². The number of nitro benzene ring substituents is 2. The first kappa shape index (κ1) is 82.1. The normalized spacial score (nSPS) is 23.4. The summed E-state index contributed by atoms with van der Waals surface area (Å²) in [4.78, 5) is 93.2. The Labute approximate surface area is 626 Å². The van der Waals surface area contributed by atoms with Crippen molar-refractivity contribution < 1.29 is 43.3 Å². The van der Waals surface area contributed by atoms with Gasteiger partial charge in [0.1, 0.15) is 11.5 Å². The molecule has 566 valence electrons. The average molecular weight is 1460 g/mol. The Morgan fingerprint density at radius 3 is 1.50 bits per heavy atom. The predicted molar refractivity (Wildman–Crippen MR) is 416 cm³/mol. The summed E-state index contributed by atoms with van der Waals surface area (Å²) in [5.41, 5.74) is 6.25. The van der Waals surface area contributed by atoms with Crippen LogP contribution in [0, 0.1) is 66.6 Å². The molecule has 6 aliphatic carbocycles. The number of nitrogens with zero attached hydrogens (tertiary/aromatic N) is 5. The number of hydrogen-bond acceptors (Lipinski definition) is 15. The molecule has 8 aliphatic rings. The minimum Gasteiger partial charge on any atom is -0.496 e. The summed E-state index contributed by atoms with van der Waals surface area (Å²) in [6, 6.07) is 39.2. The van der Waals surface area contributed by atoms with E-state index in [0.717, 1.165) is 73.7 Å². The number of rotatable bonds is 25. The highest BCUT2D eigenvalue weighted by Gasteiger charge is 2.58. The van der Waals surface area contributed by atoms with E-state index in [2.05, 4.69) is 73.0 Å². The van der Waals surface area contributed by atoms with E-state index in [1.807, 2.05) is 117 Å². The number of ether oxygens (including phenoxy) is 2. The number of carbonyl (C=O) groups is 5. The van der Waals surface area contributed by atoms with Gasteiger partial charge in [-0.2, -0.15) is 0 Å². The lowest BCUT2D eigenvalue weighted by atomic mass is 9.45. The van der Waals surface area contributed by atoms with E-state index in [1.54, 1.807) is 37.4 Å². The topological polar surface area (TPSA) is 260 Å². The number of hydrogen-bond donors (Lipinski definition) is 5. The molecule has 12 atom stereocenters. The summed E-state index contributed by atoms with van der Waals surface area (Å²) >= 11 is 0. The van der Waals surface area contributed by atoms with Crippen LogP contribution in [0.1, 0.15) is 148 Å². The van der Waals surface area contributed by atoms with E-state index < -0.39 is 15.8 Å². The van der Waals surface area contributed by atoms with Crippen molar-refractivity contribution in [3.63, 3.8) is 0 Å². The molecule has 5 N–H and O–H groups in total. The Morgan fingerprint density at radius 2 is 1.09 bits per heavy atom. The van der Waals surface area contributed by atoms with Crippen molar-refractivity contribution in [1.82, 2.24) is 41.3 Å². The first-order chi connectivity index (χ1) is 49.2. The molecular formula is C83H111ClN10O11. The van der Waals surface area contributed by atoms with E-state index in [9.17, 15) is 44.2 Å². The number of fused-ring (bicyclic) bond motifs is 4. The maximum absolute atomic E-state index is 13.7. The number of likely N-dealkylation sites (N-methyl/N-ethyl adjacent to an activating group) is 2. The van der Waals surface area contributed by atoms with Gasteiger partial charge in [-0.3, -0.25) is 49.1 Å². The molecule has 22 heteroatoms. The number of para-hydroxylation sites is 2. The molecule has 2 saturated heterocycles. The summed E-state index contributed by atoms with van der Waals surface area (Å²) in [7, 11) is 10.8. The number of halogens is 1. The van der Waals surface area contributed by atoms with Crippen LogP contribution in [0.25, 0.3) is 22.3 Å². The van der Waals surface area contributed by atoms with Crippen LogP contribution in [0.15, 0.2) is 133 Å². The second kappa shape index (κ2) is 36.1. The van der Waals surface area contributed by atoms with Gasteiger partial charge in [0.05, 0.1) is 41.7 Å². The van der Waals surface area contributed by atoms with Crippen LogP contribution in [0.4, 0.5) is 11.4 Å². The van der Waals surface area contributed by atoms with Crippen molar-refractivity contribution in [2.45, 2.75) is 156 Å². The van der Waals surface area contributed by atoms with Gasteiger partial charge in [-0.25, -0.2) is 0 Å². The van der Waals surface area contributed by atoms with Crippen LogP contribution in [0.2, 0.25) is 0 Å². The van der Waals surface area contributed by atoms with Crippen molar-refractivity contribution in [2.24, 2.45) is 46.3 Å². The highest BCUT2D eigenvalue weighted by Crippen LogP contribution is 2.62. The van der Waals surface area contributed by atoms with Crippen LogP contribution < -0.4 is 36.1 Å². The summed E-state index contributed by atoms with van der Waals surface area (Å²) in [6.07, 6.45) is 10.6. The molecular weight excluding hydrogens is 1350 g/mol. The Hall–Kier alpha value is -8.60. The first-order valence-corrected chi connectivity index (χ1v) is 36.6. The molecule has 8 fully saturated rings. The fourth-order valence-corrected chi connectivity index (χ4v) is 17.5. The van der Waals surface area contributed by atoms with Gasteiger partial charge in [0.25, 0.3) is 23.2 Å². The zero-order valence-corrected chi connectivity index (χ0v) is 63.3. The maximum atomic E-state index is 13.7. The van der Waals surface area contributed by atoms with Crippen LogP contribution in [0.3, 0.4) is 0 Å². The number of aldehydes is 1. The van der Waals surface area contributed by atoms with Crippen molar-refractivity contribution in [3.05, 3.63) is 187 Å². The second-order valence-corrected chi connectivity index (χ2v) is 31.3. The van der Waals surface area contributed by atoms with Gasteiger partial charge in [0, 0.05) is 95.9 Å². The van der Waals surface area contributed by atoms with Gasteiger partial charge in [0.15, 0.2) is 6.29 Å². The number of nitro groups is 2. The third-order valence-corrected chi connectivity index (χ3v) is 23.4. The van der Waals surface area contributed by atoms with Crippen LogP contribution in [-0.4, -0.2) is 159 Å². The predicted octanol–water partition coefficient (Wildman–Crippen LogP) is 13.3. The standard InChI is InChI=1S/C41H53N5O5.C26H27N3O5.C15H26N2O.CH4.ClH/c1-26-35-22-31(41(35,2)3)23-36(26)43-40(48)37-16-11-17-45(37)24-28-14-10-15-34(38(28)51-6)29-19-30(21-33(20-29)46(49)50)39(47)42-32(25-44(4)5)18-27-12-8-7-9-13-27;1-28(2)16-22(12-18-8-5-4-6-9-18)27-26(31)21-13-20(14-23(15-21)29(32)33)24-11-7-10-19(17-30)25(24)34-3;1-9-11-7-10(15(11,2)3)8-13(9)17-14(18)12-5-4-6-16-12;;/h7-10,12-15,19-21,26,31-32,35-37H,11,16-18,22-25H2,1-6H3,(H,42,47)(H,43,48);4-11,13-15,17,22H,12,16H2,1-3H3,(H,27,31);9-13,16H,4-8H2,1-3H3,(H,17,18);1H4;1H/t26-,31+,32-,35-,36-,37-;22-;9-,10+,11-,12-,13-;;/m000../s1. The number of methoxy groups -OCH3 is 2. The lowest BCUT2D eigenvalue weighted by molar-refractivity contribution is -0.385. The summed E-state index contributed by atoms with van der Waals surface area (Å²) in [5, 5.41) is 39.9. The summed E-state index contributed by atoms with van der Waals surface area (Å²) in [5.74, 6) is 4.46. The fraction of sp³-hybridized carbons (Fsp3) is 0.506. The lowest BCUT2D eigenvalue weighted by Crippen LogP contribution is -2.61. The SMILES string of the molecule is C.COc1c(C=O)cccc1-c1cc(C(=O)N[C@@H](Cc2ccccc2)CN(C)C)cc([N+](=O)[O-])c1.COc1c(CN2CCC[C@H]2C(=O)N[C@H]2C[C@H]3C[C@@H]([C@@H]2C)C3(C)C)cccc1-c1cc(C(=O)N[C@@H](Cc2ccccc2)CN(C)C)cc([N+](=O)[O-])c1.C[C@@H]1[C@@H](NC(=O)[C@@H]2CCCN2)C[C@H]2C[C@@H]1C2(C)C.Cl. The summed E-state index contributed by atoms with van der Waals surface area (Å²) < 4.78 is 11.4. The van der Waals surface area contributed by atoms with E-state index in [0.29, 0.717) is 119 Å². The Balaban J connectivity index is 0.000000221. The van der Waals surface area contributed by atoms with Crippen molar-refractivity contribution in [1.29, 1.82) is 0 Å². The molecule has 2 aliphatic heterocycles. The maximum Gasteiger partial charge on any atom is 0.270 e. The molecule has 4 amide bonds. The molecule has 6 aromatic rings. The number of amides is 4. The minimum absolute atomic E-state index is 0. The zero-order chi connectivity index (χ0) is 74.0. The van der Waals surface area contributed by atoms with Gasteiger partial charge in [-0.15, -0.1) is 12.4 Å². The van der Waals surface area contributed by atoms with Gasteiger partial charge in [-0.05, 0) is 192 Å². The van der Waals surface area contributed by atoms with E-state index >= 15 is 0 Å². The molecule has 4 bridgehead atoms. The van der Waals surface area contributed by atoms with Crippen LogP contribution >= 0.6 is 12.4 Å². The molecule has 0 radical (unpaired) electrons. The molecule has 0 spiro atoms. The first-order valence-electron chi connectivity index (χ1n) is 36.6. The molecule has 21 nitrogen and oxygen atoms in total. The second-order valence-electron chi connectivity index (χ2n) is 31.3. The zero-order valence-electron chi connectivity index (χ0n) is 62.4. The monoisotopic (exact) mass is 1460 g/mol. The molecule has 0 aromatic heterocycles.